The van der Waals surface area contributed by atoms with Crippen LogP contribution in [0.3, 0.4) is 0 Å². The van der Waals surface area contributed by atoms with E-state index in [1.807, 2.05) is 0 Å². The molecule has 1 fully saturated rings. The van der Waals surface area contributed by atoms with Gasteiger partial charge in [-0.25, -0.2) is 0 Å². The van der Waals surface area contributed by atoms with Gasteiger partial charge in [0.05, 0.1) is 0 Å². The average Bonchev–Trinajstić information content (AvgIpc) is 1.96. The Morgan fingerprint density at radius 1 is 1.27 bits per heavy atom. The topological polar surface area (TPSA) is 29.3 Å². The van der Waals surface area contributed by atoms with Crippen LogP contribution in [0.5, 0.6) is 0 Å². The van der Waals surface area contributed by atoms with Crippen molar-refractivity contribution < 1.29 is 0 Å². The SMILES string of the molecule is CCN(CC)C1(CN)CCC1. The Morgan fingerprint density at radius 2 is 1.82 bits per heavy atom. The van der Waals surface area contributed by atoms with Crippen LogP contribution in [0.2, 0.25) is 0 Å². The lowest BCUT2D eigenvalue weighted by Crippen LogP contribution is -2.58. The second kappa shape index (κ2) is 3.55. The number of rotatable bonds is 4. The molecule has 0 amide bonds. The number of hydrogen-bond acceptors (Lipinski definition) is 2. The molecule has 2 heteroatoms. The second-order valence-corrected chi connectivity index (χ2v) is 3.45. The van der Waals surface area contributed by atoms with Crippen LogP contribution in [0, 0.1) is 0 Å². The van der Waals surface area contributed by atoms with Gasteiger partial charge in [-0.1, -0.05) is 13.8 Å². The van der Waals surface area contributed by atoms with E-state index in [0.29, 0.717) is 5.54 Å². The zero-order valence-corrected chi connectivity index (χ0v) is 7.77. The number of hydrogen-bond donors (Lipinski definition) is 1. The lowest BCUT2D eigenvalue weighted by molar-refractivity contribution is 0.0322. The molecule has 0 bridgehead atoms. The Kier molecular flexibility index (Phi) is 2.90. The van der Waals surface area contributed by atoms with E-state index in [1.165, 1.54) is 19.3 Å². The quantitative estimate of drug-likeness (QED) is 0.663. The van der Waals surface area contributed by atoms with Gasteiger partial charge in [-0.3, -0.25) is 4.90 Å². The largest absolute Gasteiger partial charge is 0.329 e. The summed E-state index contributed by atoms with van der Waals surface area (Å²) >= 11 is 0. The first kappa shape index (κ1) is 9.01. The van der Waals surface area contributed by atoms with Gasteiger partial charge in [0.2, 0.25) is 0 Å². The maximum Gasteiger partial charge on any atom is 0.0331 e. The molecule has 0 radical (unpaired) electrons. The van der Waals surface area contributed by atoms with Crippen molar-refractivity contribution in [1.29, 1.82) is 0 Å². The summed E-state index contributed by atoms with van der Waals surface area (Å²) in [5.41, 5.74) is 6.17. The maximum absolute atomic E-state index is 5.78. The number of nitrogens with two attached hydrogens (primary N) is 1. The smallest absolute Gasteiger partial charge is 0.0331 e. The summed E-state index contributed by atoms with van der Waals surface area (Å²) in [7, 11) is 0. The van der Waals surface area contributed by atoms with E-state index in [9.17, 15) is 0 Å². The fourth-order valence-corrected chi connectivity index (χ4v) is 2.13. The molecule has 0 aliphatic heterocycles. The Labute approximate surface area is 69.8 Å². The molecule has 0 aromatic heterocycles. The number of likely N-dealkylation sites (N-methyl/N-ethyl adjacent to an activating group) is 1. The Balaban J connectivity index is 2.51. The van der Waals surface area contributed by atoms with Crippen molar-refractivity contribution in [2.45, 2.75) is 38.6 Å². The standard InChI is InChI=1S/C9H20N2/c1-3-11(4-2)9(8-10)6-5-7-9/h3-8,10H2,1-2H3. The molecule has 66 valence electrons. The van der Waals surface area contributed by atoms with Gasteiger partial charge in [0.1, 0.15) is 0 Å². The molecular formula is C9H20N2. The summed E-state index contributed by atoms with van der Waals surface area (Å²) in [6.07, 6.45) is 3.99. The highest BCUT2D eigenvalue weighted by molar-refractivity contribution is 4.98. The van der Waals surface area contributed by atoms with Crippen molar-refractivity contribution >= 4 is 0 Å². The summed E-state index contributed by atoms with van der Waals surface area (Å²) in [6, 6.07) is 0. The normalized spacial score (nSPS) is 21.8. The molecule has 1 saturated carbocycles. The molecule has 11 heavy (non-hydrogen) atoms. The molecule has 0 spiro atoms. The van der Waals surface area contributed by atoms with Crippen LogP contribution in [0.4, 0.5) is 0 Å². The van der Waals surface area contributed by atoms with Crippen LogP contribution in [-0.4, -0.2) is 30.1 Å². The van der Waals surface area contributed by atoms with Gasteiger partial charge >= 0.3 is 0 Å². The third-order valence-corrected chi connectivity index (χ3v) is 3.10. The minimum Gasteiger partial charge on any atom is -0.329 e. The second-order valence-electron chi connectivity index (χ2n) is 3.45. The molecule has 0 unspecified atom stereocenters. The van der Waals surface area contributed by atoms with E-state index in [1.54, 1.807) is 0 Å². The molecule has 1 aliphatic rings. The van der Waals surface area contributed by atoms with Crippen LogP contribution in [0.25, 0.3) is 0 Å². The molecule has 0 aromatic carbocycles. The van der Waals surface area contributed by atoms with Crippen LogP contribution in [0.15, 0.2) is 0 Å². The molecule has 1 rings (SSSR count). The molecule has 0 aromatic rings. The van der Waals surface area contributed by atoms with Crippen molar-refractivity contribution in [2.24, 2.45) is 5.73 Å². The Hall–Kier alpha value is -0.0800. The van der Waals surface area contributed by atoms with Crippen molar-refractivity contribution in [3.05, 3.63) is 0 Å². The highest BCUT2D eigenvalue weighted by Gasteiger charge is 2.39. The van der Waals surface area contributed by atoms with Crippen LogP contribution in [0.1, 0.15) is 33.1 Å². The highest BCUT2D eigenvalue weighted by atomic mass is 15.2. The predicted molar refractivity (Wildman–Crippen MR) is 48.6 cm³/mol. The Morgan fingerprint density at radius 3 is 1.91 bits per heavy atom. The molecule has 2 N–H and O–H groups in total. The predicted octanol–water partition coefficient (Wildman–Crippen LogP) is 1.21. The zero-order chi connectivity index (χ0) is 8.32. The van der Waals surface area contributed by atoms with Crippen molar-refractivity contribution in [3.63, 3.8) is 0 Å². The molecule has 0 atom stereocenters. The lowest BCUT2D eigenvalue weighted by Gasteiger charge is -2.49. The summed E-state index contributed by atoms with van der Waals surface area (Å²) in [6.45, 7) is 7.58. The van der Waals surface area contributed by atoms with Gasteiger partial charge in [-0.2, -0.15) is 0 Å². The third-order valence-electron chi connectivity index (χ3n) is 3.10. The monoisotopic (exact) mass is 156 g/mol. The van der Waals surface area contributed by atoms with Crippen LogP contribution >= 0.6 is 0 Å². The summed E-state index contributed by atoms with van der Waals surface area (Å²) < 4.78 is 0. The first-order valence-corrected chi connectivity index (χ1v) is 4.74. The molecule has 0 heterocycles. The summed E-state index contributed by atoms with van der Waals surface area (Å²) in [5.74, 6) is 0. The highest BCUT2D eigenvalue weighted by Crippen LogP contribution is 2.36. The molecule has 2 nitrogen and oxygen atoms in total. The fourth-order valence-electron chi connectivity index (χ4n) is 2.13. The minimum absolute atomic E-state index is 0.392. The average molecular weight is 156 g/mol. The van der Waals surface area contributed by atoms with Gasteiger partial charge in [0.25, 0.3) is 0 Å². The first-order chi connectivity index (χ1) is 5.29. The van der Waals surface area contributed by atoms with E-state index in [4.69, 9.17) is 5.73 Å². The molecule has 0 saturated heterocycles. The fraction of sp³-hybridized carbons (Fsp3) is 1.00. The van der Waals surface area contributed by atoms with Gasteiger partial charge in [-0.15, -0.1) is 0 Å². The van der Waals surface area contributed by atoms with E-state index in [-0.39, 0.29) is 0 Å². The molecule has 1 aliphatic carbocycles. The van der Waals surface area contributed by atoms with Gasteiger partial charge in [0.15, 0.2) is 0 Å². The van der Waals surface area contributed by atoms with E-state index < -0.39 is 0 Å². The maximum atomic E-state index is 5.78. The van der Waals surface area contributed by atoms with E-state index in [2.05, 4.69) is 18.7 Å². The Bertz CT molecular complexity index is 109. The van der Waals surface area contributed by atoms with Crippen LogP contribution in [-0.2, 0) is 0 Å². The number of nitrogens with zero attached hydrogens (tertiary/aromatic N) is 1. The van der Waals surface area contributed by atoms with E-state index in [0.717, 1.165) is 19.6 Å². The molecular weight excluding hydrogens is 136 g/mol. The van der Waals surface area contributed by atoms with Gasteiger partial charge in [0, 0.05) is 12.1 Å². The third kappa shape index (κ3) is 1.42. The lowest BCUT2D eigenvalue weighted by atomic mass is 9.75. The summed E-state index contributed by atoms with van der Waals surface area (Å²) in [4.78, 5) is 2.51. The van der Waals surface area contributed by atoms with E-state index >= 15 is 0 Å². The van der Waals surface area contributed by atoms with Crippen molar-refractivity contribution in [1.82, 2.24) is 4.90 Å². The van der Waals surface area contributed by atoms with Crippen molar-refractivity contribution in [3.8, 4) is 0 Å². The van der Waals surface area contributed by atoms with Crippen LogP contribution < -0.4 is 5.73 Å². The van der Waals surface area contributed by atoms with Crippen molar-refractivity contribution in [2.75, 3.05) is 19.6 Å². The zero-order valence-electron chi connectivity index (χ0n) is 7.77. The minimum atomic E-state index is 0.392. The summed E-state index contributed by atoms with van der Waals surface area (Å²) in [5, 5.41) is 0. The van der Waals surface area contributed by atoms with Gasteiger partial charge < -0.3 is 5.73 Å². The first-order valence-electron chi connectivity index (χ1n) is 4.74. The van der Waals surface area contributed by atoms with Gasteiger partial charge in [-0.05, 0) is 32.4 Å².